The number of benzene rings is 3. The van der Waals surface area contributed by atoms with Gasteiger partial charge in [-0.25, -0.2) is 15.0 Å². The van der Waals surface area contributed by atoms with Crippen molar-refractivity contribution in [3.63, 3.8) is 0 Å². The van der Waals surface area contributed by atoms with E-state index in [1.54, 1.807) is 19.8 Å². The van der Waals surface area contributed by atoms with Crippen molar-refractivity contribution in [1.29, 1.82) is 0 Å². The molecular formula is C28H28N5O2P. The zero-order valence-corrected chi connectivity index (χ0v) is 21.2. The van der Waals surface area contributed by atoms with Crippen LogP contribution in [0.25, 0.3) is 11.2 Å². The molecule has 0 aliphatic heterocycles. The predicted molar refractivity (Wildman–Crippen MR) is 145 cm³/mol. The fourth-order valence-corrected chi connectivity index (χ4v) is 4.66. The molecule has 5 rings (SSSR count). The van der Waals surface area contributed by atoms with E-state index in [1.165, 1.54) is 0 Å². The smallest absolute Gasteiger partial charge is 0.165 e. The van der Waals surface area contributed by atoms with E-state index < -0.39 is 5.54 Å². The summed E-state index contributed by atoms with van der Waals surface area (Å²) in [7, 11) is 4.24. The van der Waals surface area contributed by atoms with Gasteiger partial charge in [0.05, 0.1) is 26.4 Å². The second-order valence-electron chi connectivity index (χ2n) is 8.24. The van der Waals surface area contributed by atoms with Crippen molar-refractivity contribution < 1.29 is 9.47 Å². The van der Waals surface area contributed by atoms with Crippen molar-refractivity contribution >= 4 is 26.2 Å². The molecule has 7 nitrogen and oxygen atoms in total. The molecular weight excluding hydrogens is 469 g/mol. The fourth-order valence-electron chi connectivity index (χ4n) is 4.49. The summed E-state index contributed by atoms with van der Waals surface area (Å²) in [5, 5.41) is 3.80. The Morgan fingerprint density at radius 1 is 0.833 bits per heavy atom. The minimum absolute atomic E-state index is 0.575. The van der Waals surface area contributed by atoms with E-state index in [1.807, 2.05) is 28.8 Å². The third-order valence-electron chi connectivity index (χ3n) is 6.24. The van der Waals surface area contributed by atoms with Crippen LogP contribution in [0.3, 0.4) is 0 Å². The number of nitrogens with zero attached hydrogens (tertiary/aromatic N) is 4. The molecule has 36 heavy (non-hydrogen) atoms. The van der Waals surface area contributed by atoms with Gasteiger partial charge in [-0.15, -0.1) is 9.24 Å². The number of fused-ring (bicyclic) bond motifs is 1. The molecule has 182 valence electrons. The van der Waals surface area contributed by atoms with Crippen LogP contribution < -0.4 is 10.1 Å². The molecule has 3 aromatic carbocycles. The lowest BCUT2D eigenvalue weighted by Crippen LogP contribution is -2.38. The summed E-state index contributed by atoms with van der Waals surface area (Å²) in [6, 6.07) is 28.9. The average Bonchev–Trinajstić information content (AvgIpc) is 3.37. The number of methoxy groups -OCH3 is 1. The van der Waals surface area contributed by atoms with Crippen LogP contribution in [0.1, 0.15) is 16.7 Å². The first-order chi connectivity index (χ1) is 17.8. The fraction of sp³-hybridized carbons (Fsp3) is 0.179. The zero-order chi connectivity index (χ0) is 24.8. The Balaban J connectivity index is 1.70. The number of hydrogen-bond donors (Lipinski definition) is 1. The van der Waals surface area contributed by atoms with Crippen molar-refractivity contribution in [2.24, 2.45) is 0 Å². The minimum Gasteiger partial charge on any atom is -0.497 e. The van der Waals surface area contributed by atoms with Gasteiger partial charge in [0.1, 0.15) is 23.1 Å². The van der Waals surface area contributed by atoms with Crippen molar-refractivity contribution in [1.82, 2.24) is 19.5 Å². The normalized spacial score (nSPS) is 11.5. The van der Waals surface area contributed by atoms with E-state index >= 15 is 0 Å². The van der Waals surface area contributed by atoms with Crippen molar-refractivity contribution in [2.75, 3.05) is 25.4 Å². The Morgan fingerprint density at radius 2 is 1.47 bits per heavy atom. The van der Waals surface area contributed by atoms with Crippen LogP contribution in [0.4, 0.5) is 5.82 Å². The third kappa shape index (κ3) is 4.55. The Labute approximate surface area is 212 Å². The van der Waals surface area contributed by atoms with Gasteiger partial charge < -0.3 is 19.4 Å². The molecule has 0 spiro atoms. The van der Waals surface area contributed by atoms with Gasteiger partial charge in [0.25, 0.3) is 0 Å². The SMILES string of the molecule is COc1ccc(C(Nc2ncnc3c2ncn3CCOCP)(c2ccccc2)c2ccccc2)cc1. The molecule has 8 heteroatoms. The molecule has 2 aromatic heterocycles. The standard InChI is InChI=1S/C28H28N5O2P/c1-34-24-14-12-23(13-15-24)28(21-8-4-2-5-9-21,22-10-6-3-7-11-22)32-26-25-27(30-18-29-26)33(19-31-25)16-17-35-20-36/h2-15,18-19H,16-17,20,36H2,1H3,(H,29,30,32). The van der Waals surface area contributed by atoms with E-state index in [-0.39, 0.29) is 0 Å². The number of rotatable bonds is 10. The minimum atomic E-state index is -0.748. The van der Waals surface area contributed by atoms with Crippen LogP contribution in [-0.2, 0) is 16.8 Å². The van der Waals surface area contributed by atoms with Gasteiger partial charge in [0, 0.05) is 6.54 Å². The maximum absolute atomic E-state index is 5.50. The van der Waals surface area contributed by atoms with E-state index in [9.17, 15) is 0 Å². The predicted octanol–water partition coefficient (Wildman–Crippen LogP) is 5.09. The quantitative estimate of drug-likeness (QED) is 0.165. The molecule has 0 aliphatic rings. The Kier molecular flexibility index (Phi) is 7.21. The second kappa shape index (κ2) is 10.9. The van der Waals surface area contributed by atoms with Crippen molar-refractivity contribution in [3.8, 4) is 5.75 Å². The molecule has 0 amide bonds. The lowest BCUT2D eigenvalue weighted by molar-refractivity contribution is 0.173. The van der Waals surface area contributed by atoms with Gasteiger partial charge in [0.15, 0.2) is 11.5 Å². The first kappa shape index (κ1) is 23.9. The van der Waals surface area contributed by atoms with Crippen LogP contribution >= 0.6 is 9.24 Å². The van der Waals surface area contributed by atoms with E-state index in [2.05, 4.69) is 90.2 Å². The summed E-state index contributed by atoms with van der Waals surface area (Å²) in [6.45, 7) is 1.23. The van der Waals surface area contributed by atoms with E-state index in [4.69, 9.17) is 9.47 Å². The van der Waals surface area contributed by atoms with Gasteiger partial charge in [-0.3, -0.25) is 0 Å². The van der Waals surface area contributed by atoms with Crippen LogP contribution in [0, 0.1) is 0 Å². The largest absolute Gasteiger partial charge is 0.497 e. The summed E-state index contributed by atoms with van der Waals surface area (Å²) in [4.78, 5) is 13.9. The molecule has 0 aliphatic carbocycles. The first-order valence-electron chi connectivity index (χ1n) is 11.7. The van der Waals surface area contributed by atoms with Gasteiger partial charge >= 0.3 is 0 Å². The van der Waals surface area contributed by atoms with E-state index in [0.29, 0.717) is 30.8 Å². The highest BCUT2D eigenvalue weighted by Crippen LogP contribution is 2.41. The number of hydrogen-bond acceptors (Lipinski definition) is 6. The van der Waals surface area contributed by atoms with Crippen molar-refractivity contribution in [3.05, 3.63) is 114 Å². The van der Waals surface area contributed by atoms with Crippen LogP contribution in [0.5, 0.6) is 5.75 Å². The summed E-state index contributed by atoms with van der Waals surface area (Å²) >= 11 is 0. The average molecular weight is 498 g/mol. The second-order valence-corrected chi connectivity index (χ2v) is 8.58. The summed E-state index contributed by atoms with van der Waals surface area (Å²) in [5.41, 5.74) is 3.89. The highest BCUT2D eigenvalue weighted by atomic mass is 31.0. The van der Waals surface area contributed by atoms with Gasteiger partial charge in [-0.05, 0) is 28.8 Å². The molecule has 5 aromatic rings. The molecule has 0 radical (unpaired) electrons. The lowest BCUT2D eigenvalue weighted by atomic mass is 9.77. The van der Waals surface area contributed by atoms with Crippen LogP contribution in [-0.4, -0.2) is 39.6 Å². The molecule has 1 unspecified atom stereocenters. The maximum atomic E-state index is 5.50. The zero-order valence-electron chi connectivity index (χ0n) is 20.0. The number of nitrogens with one attached hydrogen (secondary N) is 1. The molecule has 1 N–H and O–H groups in total. The molecule has 0 saturated heterocycles. The number of imidazole rings is 1. The third-order valence-corrected chi connectivity index (χ3v) is 6.47. The number of aromatic nitrogens is 4. The topological polar surface area (TPSA) is 74.1 Å². The van der Waals surface area contributed by atoms with Crippen LogP contribution in [0.15, 0.2) is 97.6 Å². The molecule has 2 heterocycles. The number of anilines is 1. The lowest BCUT2D eigenvalue weighted by Gasteiger charge is -2.37. The molecule has 1 atom stereocenters. The summed E-state index contributed by atoms with van der Waals surface area (Å²) in [5.74, 6) is 1.44. The van der Waals surface area contributed by atoms with Crippen LogP contribution in [0.2, 0.25) is 0 Å². The molecule has 0 fully saturated rings. The van der Waals surface area contributed by atoms with Gasteiger partial charge in [0.2, 0.25) is 0 Å². The number of ether oxygens (including phenoxy) is 2. The Bertz CT molecular complexity index is 1370. The summed E-state index contributed by atoms with van der Waals surface area (Å²) < 4.78 is 12.9. The highest BCUT2D eigenvalue weighted by Gasteiger charge is 2.37. The first-order valence-corrected chi connectivity index (χ1v) is 12.6. The van der Waals surface area contributed by atoms with Gasteiger partial charge in [-0.2, -0.15) is 0 Å². The van der Waals surface area contributed by atoms with Gasteiger partial charge in [-0.1, -0.05) is 72.8 Å². The monoisotopic (exact) mass is 497 g/mol. The Morgan fingerprint density at radius 3 is 2.08 bits per heavy atom. The van der Waals surface area contributed by atoms with Crippen molar-refractivity contribution in [2.45, 2.75) is 12.1 Å². The molecule has 0 bridgehead atoms. The van der Waals surface area contributed by atoms with E-state index in [0.717, 1.165) is 28.1 Å². The molecule has 0 saturated carbocycles. The Hall–Kier alpha value is -3.80. The maximum Gasteiger partial charge on any atom is 0.165 e. The summed E-state index contributed by atoms with van der Waals surface area (Å²) in [6.07, 6.45) is 3.96. The highest BCUT2D eigenvalue weighted by molar-refractivity contribution is 7.16.